The predicted octanol–water partition coefficient (Wildman–Crippen LogP) is -4.13. The molecule has 1 unspecified atom stereocenters. The number of aliphatic hydroxyl groups is 1. The topological polar surface area (TPSA) is 77.4 Å². The first-order valence-corrected chi connectivity index (χ1v) is 3.71. The Morgan fingerprint density at radius 2 is 2.00 bits per heavy atom. The van der Waals surface area contributed by atoms with E-state index in [1.165, 1.54) is 0 Å². The summed E-state index contributed by atoms with van der Waals surface area (Å²) in [5, 5.41) is 8.24. The Morgan fingerprint density at radius 1 is 1.60 bits per heavy atom. The molecule has 0 aromatic heterocycles. The summed E-state index contributed by atoms with van der Waals surface area (Å²) in [6.07, 6.45) is -1.67. The summed E-state index contributed by atoms with van der Waals surface area (Å²) < 4.78 is 40.4. The number of rotatable bonds is 3. The van der Waals surface area contributed by atoms with Gasteiger partial charge in [0, 0.05) is 0 Å². The molecule has 0 aliphatic heterocycles. The molecule has 0 aliphatic carbocycles. The van der Waals surface area contributed by atoms with Crippen LogP contribution in [0.3, 0.4) is 0 Å². The fraction of sp³-hybridized carbons (Fsp3) is 1.00. The quantitative estimate of drug-likeness (QED) is 0.367. The fourth-order valence-electron chi connectivity index (χ4n) is 0.280. The molecule has 0 saturated heterocycles. The van der Waals surface area contributed by atoms with E-state index in [9.17, 15) is 17.4 Å². The monoisotopic (exact) mass is 196 g/mol. The first-order chi connectivity index (χ1) is 3.95. The van der Waals surface area contributed by atoms with E-state index < -0.39 is 28.6 Å². The van der Waals surface area contributed by atoms with Crippen LogP contribution in [-0.2, 0) is 10.1 Å². The van der Waals surface area contributed by atoms with E-state index in [2.05, 4.69) is 0 Å². The molecular weight excluding hydrogens is 190 g/mol. The van der Waals surface area contributed by atoms with Crippen molar-refractivity contribution < 1.29 is 73.9 Å². The normalized spacial score (nSPS) is 13.9. The van der Waals surface area contributed by atoms with E-state index in [0.717, 1.165) is 0 Å². The molecule has 0 rings (SSSR count). The summed E-state index contributed by atoms with van der Waals surface area (Å²) in [7, 11) is -4.48. The maximum absolute atomic E-state index is 11.3. The minimum Gasteiger partial charge on any atom is -0.748 e. The van der Waals surface area contributed by atoms with E-state index in [1.807, 2.05) is 0 Å². The second kappa shape index (κ2) is 6.01. The first-order valence-electron chi connectivity index (χ1n) is 2.13. The van der Waals surface area contributed by atoms with Crippen LogP contribution in [0.25, 0.3) is 0 Å². The maximum Gasteiger partial charge on any atom is 1.00 e. The van der Waals surface area contributed by atoms with Crippen LogP contribution in [0, 0.1) is 0 Å². The van der Waals surface area contributed by atoms with Crippen molar-refractivity contribution in [2.24, 2.45) is 0 Å². The predicted molar refractivity (Wildman–Crippen MR) is 26.5 cm³/mol. The molecule has 0 aromatic rings. The van der Waals surface area contributed by atoms with Gasteiger partial charge in [-0.2, -0.15) is 0 Å². The van der Waals surface area contributed by atoms with E-state index in [1.54, 1.807) is 0 Å². The van der Waals surface area contributed by atoms with Crippen LogP contribution in [0.15, 0.2) is 0 Å². The summed E-state index contributed by atoms with van der Waals surface area (Å²) in [6.45, 7) is -1.21. The molecule has 0 bridgehead atoms. The van der Waals surface area contributed by atoms with Gasteiger partial charge in [0.2, 0.25) is 0 Å². The Bertz CT molecular complexity index is 167. The molecule has 0 aliphatic rings. The van der Waals surface area contributed by atoms with Crippen molar-refractivity contribution in [3.8, 4) is 0 Å². The van der Waals surface area contributed by atoms with Gasteiger partial charge in [0.25, 0.3) is 0 Å². The molecular formula is C3H6FKO4S. The zero-order valence-electron chi connectivity index (χ0n) is 5.45. The third kappa shape index (κ3) is 9.44. The first kappa shape index (κ1) is 14.0. The van der Waals surface area contributed by atoms with Gasteiger partial charge in [-0.3, -0.25) is 0 Å². The van der Waals surface area contributed by atoms with Crippen LogP contribution in [0.1, 0.15) is 0 Å². The maximum atomic E-state index is 11.3. The summed E-state index contributed by atoms with van der Waals surface area (Å²) >= 11 is 0. The number of aliphatic hydroxyl groups excluding tert-OH is 1. The molecule has 0 heterocycles. The molecule has 0 fully saturated rings. The Kier molecular flexibility index (Phi) is 8.41. The Labute approximate surface area is 101 Å². The van der Waals surface area contributed by atoms with Crippen molar-refractivity contribution in [2.45, 2.75) is 6.10 Å². The van der Waals surface area contributed by atoms with Crippen LogP contribution >= 0.6 is 0 Å². The molecule has 7 heteroatoms. The molecule has 1 N–H and O–H groups in total. The third-order valence-corrected chi connectivity index (χ3v) is 1.37. The van der Waals surface area contributed by atoms with Gasteiger partial charge in [-0.25, -0.2) is 12.8 Å². The van der Waals surface area contributed by atoms with Crippen molar-refractivity contribution in [3.05, 3.63) is 0 Å². The van der Waals surface area contributed by atoms with Crippen molar-refractivity contribution in [1.29, 1.82) is 0 Å². The largest absolute Gasteiger partial charge is 1.00 e. The molecule has 0 saturated carbocycles. The molecule has 0 aromatic carbocycles. The average molecular weight is 196 g/mol. The number of hydrogen-bond acceptors (Lipinski definition) is 4. The fourth-order valence-corrected chi connectivity index (χ4v) is 0.841. The third-order valence-electron chi connectivity index (χ3n) is 0.575. The SMILES string of the molecule is O=S(=O)([O-])CC(O)CF.[K+]. The summed E-state index contributed by atoms with van der Waals surface area (Å²) in [5.74, 6) is -1.05. The van der Waals surface area contributed by atoms with Gasteiger partial charge in [0.1, 0.15) is 6.67 Å². The van der Waals surface area contributed by atoms with Gasteiger partial charge in [-0.1, -0.05) is 0 Å². The summed E-state index contributed by atoms with van der Waals surface area (Å²) in [5.41, 5.74) is 0. The van der Waals surface area contributed by atoms with Crippen molar-refractivity contribution in [2.75, 3.05) is 12.4 Å². The molecule has 0 spiro atoms. The summed E-state index contributed by atoms with van der Waals surface area (Å²) in [4.78, 5) is 0. The van der Waals surface area contributed by atoms with Gasteiger partial charge >= 0.3 is 51.4 Å². The van der Waals surface area contributed by atoms with Gasteiger partial charge in [0.15, 0.2) is 0 Å². The molecule has 10 heavy (non-hydrogen) atoms. The number of halogens is 1. The molecule has 0 radical (unpaired) electrons. The Morgan fingerprint density at radius 3 is 2.10 bits per heavy atom. The molecule has 1 atom stereocenters. The molecule has 56 valence electrons. The zero-order chi connectivity index (χ0) is 7.49. The van der Waals surface area contributed by atoms with E-state index >= 15 is 0 Å². The minimum absolute atomic E-state index is 0. The average Bonchev–Trinajstić information content (AvgIpc) is 1.62. The van der Waals surface area contributed by atoms with E-state index in [4.69, 9.17) is 5.11 Å². The molecule has 4 nitrogen and oxygen atoms in total. The Balaban J connectivity index is 0. The van der Waals surface area contributed by atoms with Crippen LogP contribution in [0.2, 0.25) is 0 Å². The van der Waals surface area contributed by atoms with Crippen molar-refractivity contribution in [3.63, 3.8) is 0 Å². The van der Waals surface area contributed by atoms with Gasteiger partial charge < -0.3 is 9.66 Å². The van der Waals surface area contributed by atoms with Crippen LogP contribution in [0.5, 0.6) is 0 Å². The van der Waals surface area contributed by atoms with E-state index in [-0.39, 0.29) is 51.4 Å². The Hall–Kier alpha value is 1.44. The smallest absolute Gasteiger partial charge is 0.748 e. The van der Waals surface area contributed by atoms with Crippen LogP contribution < -0.4 is 51.4 Å². The van der Waals surface area contributed by atoms with Gasteiger partial charge in [-0.15, -0.1) is 0 Å². The van der Waals surface area contributed by atoms with Crippen LogP contribution in [-0.4, -0.2) is 36.6 Å². The zero-order valence-corrected chi connectivity index (χ0v) is 9.39. The second-order valence-corrected chi connectivity index (χ2v) is 2.98. The minimum atomic E-state index is -4.48. The van der Waals surface area contributed by atoms with Crippen molar-refractivity contribution >= 4 is 10.1 Å². The van der Waals surface area contributed by atoms with Crippen LogP contribution in [0.4, 0.5) is 4.39 Å². The van der Waals surface area contributed by atoms with Gasteiger partial charge in [0.05, 0.1) is 22.0 Å². The van der Waals surface area contributed by atoms with Crippen molar-refractivity contribution in [1.82, 2.24) is 0 Å². The number of hydrogen-bond donors (Lipinski definition) is 1. The summed E-state index contributed by atoms with van der Waals surface area (Å²) in [6, 6.07) is 0. The molecule has 0 amide bonds. The second-order valence-electron chi connectivity index (χ2n) is 1.53. The standard InChI is InChI=1S/C3H7FO4S.K/c4-1-3(5)2-9(6,7)8;/h3,5H,1-2H2,(H,6,7,8);/q;+1/p-1. The van der Waals surface area contributed by atoms with E-state index in [0.29, 0.717) is 0 Å². The number of alkyl halides is 1. The van der Waals surface area contributed by atoms with Gasteiger partial charge in [-0.05, 0) is 0 Å².